The second kappa shape index (κ2) is 10.6. The van der Waals surface area contributed by atoms with Gasteiger partial charge in [-0.15, -0.1) is 0 Å². The normalized spacial score (nSPS) is 21.4. The van der Waals surface area contributed by atoms with Gasteiger partial charge in [0.1, 0.15) is 18.5 Å². The molecule has 9 nitrogen and oxygen atoms in total. The lowest BCUT2D eigenvalue weighted by Gasteiger charge is -2.18. The van der Waals surface area contributed by atoms with Gasteiger partial charge < -0.3 is 24.6 Å². The largest absolute Gasteiger partial charge is 0.489 e. The zero-order chi connectivity index (χ0) is 24.1. The van der Waals surface area contributed by atoms with Crippen molar-refractivity contribution >= 4 is 22.6 Å². The first-order valence-electron chi connectivity index (χ1n) is 11.0. The molecule has 0 saturated carbocycles. The Balaban J connectivity index is 0.00000133. The molecule has 3 heterocycles. The Morgan fingerprint density at radius 3 is 2.68 bits per heavy atom. The fraction of sp³-hybridized carbons (Fsp3) is 0.320. The summed E-state index contributed by atoms with van der Waals surface area (Å²) in [5.41, 5.74) is 4.78. The third kappa shape index (κ3) is 5.01. The Hall–Kier alpha value is -3.53. The molecule has 5 rings (SSSR count). The Morgan fingerprint density at radius 2 is 1.91 bits per heavy atom. The number of pyridine rings is 1. The van der Waals surface area contributed by atoms with E-state index >= 15 is 0 Å². The molecule has 1 unspecified atom stereocenters. The van der Waals surface area contributed by atoms with Crippen molar-refractivity contribution in [3.05, 3.63) is 71.4 Å². The molecule has 3 atom stereocenters. The molecule has 2 aliphatic rings. The Morgan fingerprint density at radius 1 is 1.15 bits per heavy atom. The van der Waals surface area contributed by atoms with Crippen LogP contribution in [0.15, 0.2) is 59.8 Å². The van der Waals surface area contributed by atoms with Gasteiger partial charge in [-0.25, -0.2) is 5.90 Å². The summed E-state index contributed by atoms with van der Waals surface area (Å²) in [7, 11) is 0. The van der Waals surface area contributed by atoms with Gasteiger partial charge in [0.05, 0.1) is 30.4 Å². The number of rotatable bonds is 6. The summed E-state index contributed by atoms with van der Waals surface area (Å²) in [5.74, 6) is 2.69. The first-order chi connectivity index (χ1) is 16.6. The van der Waals surface area contributed by atoms with Crippen molar-refractivity contribution in [2.45, 2.75) is 26.1 Å². The number of hydrogen-bond acceptors (Lipinski definition) is 8. The van der Waals surface area contributed by atoms with Crippen LogP contribution in [0.2, 0.25) is 0 Å². The monoisotopic (exact) mass is 465 g/mol. The standard InChI is InChI=1S/C25H24N2O5.H3NO/c1-15-10-17(19-4-2-3-5-22(19)26-15)12-31-18-8-6-16(7-9-18)23-11-24(32-27-23)20-13-30-14-21(20)25(28)29;1-2/h2-10,20-21,24H,11-14H2,1H3,(H,28,29);2H,1H2/t20-,21+,24?;/m0./s1. The van der Waals surface area contributed by atoms with E-state index in [0.717, 1.165) is 39.2 Å². The number of carbonyl (C=O) groups is 1. The van der Waals surface area contributed by atoms with Crippen LogP contribution in [-0.2, 0) is 21.0 Å². The second-order valence-electron chi connectivity index (χ2n) is 8.28. The molecule has 2 aliphatic heterocycles. The van der Waals surface area contributed by atoms with Crippen molar-refractivity contribution in [1.82, 2.24) is 4.98 Å². The summed E-state index contributed by atoms with van der Waals surface area (Å²) in [4.78, 5) is 21.6. The molecular weight excluding hydrogens is 438 g/mol. The van der Waals surface area contributed by atoms with Crippen molar-refractivity contribution in [2.24, 2.45) is 22.9 Å². The molecule has 0 bridgehead atoms. The first-order valence-corrected chi connectivity index (χ1v) is 11.0. The van der Waals surface area contributed by atoms with Crippen LogP contribution < -0.4 is 10.6 Å². The minimum absolute atomic E-state index is 0.185. The van der Waals surface area contributed by atoms with Crippen LogP contribution in [0.3, 0.4) is 0 Å². The van der Waals surface area contributed by atoms with Gasteiger partial charge in [-0.2, -0.15) is 0 Å². The quantitative estimate of drug-likeness (QED) is 0.472. The average Bonchev–Trinajstić information content (AvgIpc) is 3.54. The smallest absolute Gasteiger partial charge is 0.309 e. The number of aromatic nitrogens is 1. The van der Waals surface area contributed by atoms with Crippen molar-refractivity contribution in [3.63, 3.8) is 0 Å². The number of nitrogens with two attached hydrogens (primary N) is 1. The number of carboxylic acid groups (broad SMARTS) is 1. The maximum absolute atomic E-state index is 11.4. The van der Waals surface area contributed by atoms with Crippen molar-refractivity contribution in [1.29, 1.82) is 0 Å². The number of carboxylic acids is 1. The van der Waals surface area contributed by atoms with Gasteiger partial charge in [0.15, 0.2) is 0 Å². The van der Waals surface area contributed by atoms with E-state index in [1.165, 1.54) is 0 Å². The van der Waals surface area contributed by atoms with Gasteiger partial charge >= 0.3 is 5.97 Å². The fourth-order valence-corrected chi connectivity index (χ4v) is 4.41. The number of fused-ring (bicyclic) bond motifs is 1. The van der Waals surface area contributed by atoms with E-state index in [0.29, 0.717) is 19.6 Å². The Kier molecular flexibility index (Phi) is 7.36. The van der Waals surface area contributed by atoms with Gasteiger partial charge in [-0.05, 0) is 48.9 Å². The molecule has 9 heteroatoms. The Labute approximate surface area is 196 Å². The molecule has 1 fully saturated rings. The molecule has 0 spiro atoms. The number of para-hydroxylation sites is 1. The Bertz CT molecular complexity index is 1180. The van der Waals surface area contributed by atoms with E-state index in [1.54, 1.807) is 0 Å². The highest BCUT2D eigenvalue weighted by Crippen LogP contribution is 2.32. The number of aliphatic carboxylic acids is 1. The van der Waals surface area contributed by atoms with E-state index < -0.39 is 11.9 Å². The van der Waals surface area contributed by atoms with Crippen LogP contribution >= 0.6 is 0 Å². The summed E-state index contributed by atoms with van der Waals surface area (Å²) >= 11 is 0. The number of nitrogens with zero attached hydrogens (tertiary/aromatic N) is 2. The number of oxime groups is 1. The summed E-state index contributed by atoms with van der Waals surface area (Å²) in [6.45, 7) is 3.06. The molecular formula is C25H27N3O6. The highest BCUT2D eigenvalue weighted by atomic mass is 16.6. The minimum Gasteiger partial charge on any atom is -0.489 e. The maximum Gasteiger partial charge on any atom is 0.309 e. The van der Waals surface area contributed by atoms with Crippen LogP contribution in [0.4, 0.5) is 0 Å². The van der Waals surface area contributed by atoms with E-state index in [-0.39, 0.29) is 18.6 Å². The summed E-state index contributed by atoms with van der Waals surface area (Å²) in [6.07, 6.45) is 0.299. The van der Waals surface area contributed by atoms with E-state index in [1.807, 2.05) is 49.4 Å². The molecule has 178 valence electrons. The lowest BCUT2D eigenvalue weighted by Crippen LogP contribution is -2.32. The van der Waals surface area contributed by atoms with Gasteiger partial charge in [-0.1, -0.05) is 23.4 Å². The summed E-state index contributed by atoms with van der Waals surface area (Å²) in [5, 5.41) is 21.2. The number of benzene rings is 2. The number of ether oxygens (including phenoxy) is 2. The van der Waals surface area contributed by atoms with Crippen LogP contribution in [0.1, 0.15) is 23.2 Å². The number of aryl methyl sites for hydroxylation is 1. The molecule has 0 amide bonds. The van der Waals surface area contributed by atoms with E-state index in [9.17, 15) is 9.90 Å². The highest BCUT2D eigenvalue weighted by molar-refractivity contribution is 6.01. The molecule has 1 saturated heterocycles. The third-order valence-electron chi connectivity index (χ3n) is 6.12. The minimum atomic E-state index is -0.844. The van der Waals surface area contributed by atoms with Crippen molar-refractivity contribution in [3.8, 4) is 5.75 Å². The molecule has 0 radical (unpaired) electrons. The summed E-state index contributed by atoms with van der Waals surface area (Å²) < 4.78 is 11.4. The van der Waals surface area contributed by atoms with E-state index in [2.05, 4.69) is 28.2 Å². The van der Waals surface area contributed by atoms with Gasteiger partial charge in [0.2, 0.25) is 0 Å². The lowest BCUT2D eigenvalue weighted by molar-refractivity contribution is -0.144. The zero-order valence-electron chi connectivity index (χ0n) is 18.8. The molecule has 4 N–H and O–H groups in total. The lowest BCUT2D eigenvalue weighted by atomic mass is 9.87. The van der Waals surface area contributed by atoms with Crippen LogP contribution in [0.5, 0.6) is 5.75 Å². The van der Waals surface area contributed by atoms with Gasteiger partial charge in [-0.3, -0.25) is 9.78 Å². The van der Waals surface area contributed by atoms with Crippen molar-refractivity contribution in [2.75, 3.05) is 13.2 Å². The fourth-order valence-electron chi connectivity index (χ4n) is 4.41. The zero-order valence-corrected chi connectivity index (χ0v) is 18.8. The molecule has 0 aliphatic carbocycles. The molecule has 1 aromatic heterocycles. The predicted molar refractivity (Wildman–Crippen MR) is 125 cm³/mol. The third-order valence-corrected chi connectivity index (χ3v) is 6.12. The summed E-state index contributed by atoms with van der Waals surface area (Å²) in [6, 6.07) is 17.9. The van der Waals surface area contributed by atoms with Crippen LogP contribution in [-0.4, -0.2) is 46.3 Å². The van der Waals surface area contributed by atoms with E-state index in [4.69, 9.17) is 19.5 Å². The first kappa shape index (κ1) is 23.6. The van der Waals surface area contributed by atoms with Crippen LogP contribution in [0.25, 0.3) is 10.9 Å². The van der Waals surface area contributed by atoms with Gasteiger partial charge in [0.25, 0.3) is 0 Å². The number of hydrogen-bond donors (Lipinski definition) is 3. The SMILES string of the molecule is Cc1cc(COc2ccc(C3=NOC([C@H]4COC[C@H]4C(=O)O)C3)cc2)c2ccccc2n1.NO. The molecule has 3 aromatic rings. The van der Waals surface area contributed by atoms with Crippen molar-refractivity contribution < 1.29 is 29.4 Å². The van der Waals surface area contributed by atoms with Crippen LogP contribution in [0, 0.1) is 18.8 Å². The predicted octanol–water partition coefficient (Wildman–Crippen LogP) is 3.30. The average molecular weight is 466 g/mol. The second-order valence-corrected chi connectivity index (χ2v) is 8.28. The molecule has 34 heavy (non-hydrogen) atoms. The molecule has 2 aromatic carbocycles. The highest BCUT2D eigenvalue weighted by Gasteiger charge is 2.42. The van der Waals surface area contributed by atoms with Gasteiger partial charge in [0, 0.05) is 29.0 Å². The maximum atomic E-state index is 11.4. The topological polar surface area (TPSA) is 136 Å².